The monoisotopic (exact) mass is 375 g/mol. The number of anilines is 1. The van der Waals surface area contributed by atoms with Crippen molar-refractivity contribution in [3.63, 3.8) is 0 Å². The number of ether oxygens (including phenoxy) is 1. The van der Waals surface area contributed by atoms with E-state index in [1.54, 1.807) is 7.11 Å². The summed E-state index contributed by atoms with van der Waals surface area (Å²) in [5.41, 5.74) is 0.958. The molecule has 0 aliphatic rings. The average Bonchev–Trinajstić information content (AvgIpc) is 2.45. The van der Waals surface area contributed by atoms with Gasteiger partial charge in [-0.25, -0.2) is 0 Å². The van der Waals surface area contributed by atoms with Crippen molar-refractivity contribution in [3.05, 3.63) is 21.6 Å². The van der Waals surface area contributed by atoms with Crippen LogP contribution in [0.3, 0.4) is 0 Å². The van der Waals surface area contributed by atoms with E-state index < -0.39 is 0 Å². The molecule has 2 nitrogen and oxygen atoms in total. The van der Waals surface area contributed by atoms with Crippen LogP contribution in [0.25, 0.3) is 0 Å². The second-order valence-electron chi connectivity index (χ2n) is 5.37. The molecule has 21 heavy (non-hydrogen) atoms. The smallest absolute Gasteiger partial charge is 0.156 e. The number of methoxy groups -OCH3 is 1. The molecule has 1 rings (SSSR count). The van der Waals surface area contributed by atoms with Crippen LogP contribution in [-0.2, 0) is 0 Å². The van der Waals surface area contributed by atoms with Crippen molar-refractivity contribution < 1.29 is 4.74 Å². The summed E-state index contributed by atoms with van der Waals surface area (Å²) in [5.74, 6) is 0.818. The maximum absolute atomic E-state index is 6.08. The average molecular weight is 377 g/mol. The zero-order valence-electron chi connectivity index (χ0n) is 13.2. The molecule has 0 aliphatic carbocycles. The molecular weight excluding hydrogens is 350 g/mol. The maximum atomic E-state index is 6.08. The van der Waals surface area contributed by atoms with Crippen LogP contribution in [0.5, 0.6) is 5.75 Å². The highest BCUT2D eigenvalue weighted by Crippen LogP contribution is 2.36. The van der Waals surface area contributed by atoms with Crippen molar-refractivity contribution in [2.24, 2.45) is 0 Å². The minimum absolute atomic E-state index is 0.709. The van der Waals surface area contributed by atoms with E-state index in [4.69, 9.17) is 16.3 Å². The molecule has 4 heteroatoms. The van der Waals surface area contributed by atoms with E-state index in [2.05, 4.69) is 28.2 Å². The first-order valence-corrected chi connectivity index (χ1v) is 9.13. The zero-order chi connectivity index (χ0) is 15.5. The normalized spacial score (nSPS) is 10.7. The third-order valence-corrected chi connectivity index (χ3v) is 4.37. The van der Waals surface area contributed by atoms with Crippen LogP contribution in [0.2, 0.25) is 5.02 Å². The Labute approximate surface area is 142 Å². The molecule has 1 aromatic carbocycles. The Balaban J connectivity index is 2.21. The molecule has 120 valence electrons. The fraction of sp³-hybridized carbons (Fsp3) is 0.647. The van der Waals surface area contributed by atoms with Gasteiger partial charge in [-0.2, -0.15) is 0 Å². The van der Waals surface area contributed by atoms with Gasteiger partial charge in [0.1, 0.15) is 0 Å². The molecule has 0 radical (unpaired) electrons. The predicted octanol–water partition coefficient (Wildman–Crippen LogP) is 6.66. The number of unbranched alkanes of at least 4 members (excludes halogenated alkanes) is 7. The second kappa shape index (κ2) is 11.2. The molecule has 0 saturated carbocycles. The molecule has 0 spiro atoms. The molecule has 0 amide bonds. The van der Waals surface area contributed by atoms with Crippen molar-refractivity contribution in [3.8, 4) is 5.75 Å². The van der Waals surface area contributed by atoms with Gasteiger partial charge in [-0.05, 0) is 34.5 Å². The lowest BCUT2D eigenvalue weighted by Crippen LogP contribution is -2.03. The molecular formula is C17H27BrClNO. The van der Waals surface area contributed by atoms with E-state index in [0.29, 0.717) is 5.02 Å². The highest BCUT2D eigenvalue weighted by atomic mass is 79.9. The topological polar surface area (TPSA) is 21.3 Å². The standard InChI is InChI=1S/C17H27BrClNO/c1-3-4-5-6-7-8-9-10-11-20-16-13-14(19)12-15(18)17(16)21-2/h12-13,20H,3-11H2,1-2H3. The van der Waals surface area contributed by atoms with E-state index in [0.717, 1.165) is 22.5 Å². The highest BCUT2D eigenvalue weighted by Gasteiger charge is 2.08. The summed E-state index contributed by atoms with van der Waals surface area (Å²) in [4.78, 5) is 0. The predicted molar refractivity (Wildman–Crippen MR) is 96.8 cm³/mol. The summed E-state index contributed by atoms with van der Waals surface area (Å²) in [6.45, 7) is 3.21. The van der Waals surface area contributed by atoms with Crippen LogP contribution >= 0.6 is 27.5 Å². The molecule has 1 aromatic rings. The molecule has 0 aliphatic heterocycles. The quantitative estimate of drug-likeness (QED) is 0.436. The van der Waals surface area contributed by atoms with Gasteiger partial charge in [0.25, 0.3) is 0 Å². The second-order valence-corrected chi connectivity index (χ2v) is 6.66. The highest BCUT2D eigenvalue weighted by molar-refractivity contribution is 9.10. The fourth-order valence-corrected chi connectivity index (χ4v) is 3.35. The Morgan fingerprint density at radius 1 is 1.05 bits per heavy atom. The number of halogens is 2. The number of hydrogen-bond donors (Lipinski definition) is 1. The first kappa shape index (κ1) is 18.6. The molecule has 1 N–H and O–H groups in total. The summed E-state index contributed by atoms with van der Waals surface area (Å²) in [5, 5.41) is 4.13. The van der Waals surface area contributed by atoms with Crippen molar-refractivity contribution in [1.29, 1.82) is 0 Å². The molecule has 0 bridgehead atoms. The van der Waals surface area contributed by atoms with Gasteiger partial charge in [-0.1, -0.05) is 63.5 Å². The van der Waals surface area contributed by atoms with Crippen LogP contribution in [-0.4, -0.2) is 13.7 Å². The van der Waals surface area contributed by atoms with E-state index in [1.807, 2.05) is 12.1 Å². The molecule has 0 fully saturated rings. The van der Waals surface area contributed by atoms with Crippen molar-refractivity contribution >= 4 is 33.2 Å². The third kappa shape index (κ3) is 7.42. The van der Waals surface area contributed by atoms with Gasteiger partial charge in [0.2, 0.25) is 0 Å². The zero-order valence-corrected chi connectivity index (χ0v) is 15.5. The van der Waals surface area contributed by atoms with Crippen LogP contribution in [0.15, 0.2) is 16.6 Å². The summed E-state index contributed by atoms with van der Waals surface area (Å²) >= 11 is 9.55. The number of benzene rings is 1. The number of rotatable bonds is 11. The largest absolute Gasteiger partial charge is 0.493 e. The van der Waals surface area contributed by atoms with Crippen LogP contribution in [0.4, 0.5) is 5.69 Å². The van der Waals surface area contributed by atoms with E-state index in [9.17, 15) is 0 Å². The molecule has 0 unspecified atom stereocenters. The van der Waals surface area contributed by atoms with Gasteiger partial charge in [0, 0.05) is 11.6 Å². The van der Waals surface area contributed by atoms with Crippen molar-refractivity contribution in [1.82, 2.24) is 0 Å². The Morgan fingerprint density at radius 3 is 2.29 bits per heavy atom. The minimum Gasteiger partial charge on any atom is -0.493 e. The first-order chi connectivity index (χ1) is 10.2. The van der Waals surface area contributed by atoms with Gasteiger partial charge < -0.3 is 10.1 Å². The summed E-state index contributed by atoms with van der Waals surface area (Å²) in [6, 6.07) is 3.76. The summed E-state index contributed by atoms with van der Waals surface area (Å²) in [7, 11) is 1.68. The Morgan fingerprint density at radius 2 is 1.67 bits per heavy atom. The van der Waals surface area contributed by atoms with Crippen molar-refractivity contribution in [2.75, 3.05) is 19.0 Å². The van der Waals surface area contributed by atoms with Gasteiger partial charge >= 0.3 is 0 Å². The van der Waals surface area contributed by atoms with Crippen LogP contribution in [0, 0.1) is 0 Å². The van der Waals surface area contributed by atoms with Gasteiger partial charge in [-0.15, -0.1) is 0 Å². The summed E-state index contributed by atoms with van der Waals surface area (Å²) in [6.07, 6.45) is 10.6. The first-order valence-electron chi connectivity index (χ1n) is 7.96. The molecule has 0 aromatic heterocycles. The van der Waals surface area contributed by atoms with Crippen LogP contribution in [0.1, 0.15) is 58.3 Å². The Hall–Kier alpha value is -0.410. The van der Waals surface area contributed by atoms with Crippen molar-refractivity contribution in [2.45, 2.75) is 58.3 Å². The molecule has 0 saturated heterocycles. The van der Waals surface area contributed by atoms with E-state index >= 15 is 0 Å². The summed E-state index contributed by atoms with van der Waals surface area (Å²) < 4.78 is 6.28. The Kier molecular flexibility index (Phi) is 9.94. The fourth-order valence-electron chi connectivity index (χ4n) is 2.38. The lowest BCUT2D eigenvalue weighted by Gasteiger charge is -2.13. The molecule has 0 heterocycles. The third-order valence-electron chi connectivity index (χ3n) is 3.56. The molecule has 0 atom stereocenters. The maximum Gasteiger partial charge on any atom is 0.156 e. The van der Waals surface area contributed by atoms with E-state index in [1.165, 1.54) is 51.4 Å². The minimum atomic E-state index is 0.709. The lowest BCUT2D eigenvalue weighted by atomic mass is 10.1. The lowest BCUT2D eigenvalue weighted by molar-refractivity contribution is 0.414. The Bertz CT molecular complexity index is 412. The number of hydrogen-bond acceptors (Lipinski definition) is 2. The van der Waals surface area contributed by atoms with Gasteiger partial charge in [0.05, 0.1) is 17.3 Å². The number of nitrogens with one attached hydrogen (secondary N) is 1. The van der Waals surface area contributed by atoms with Crippen LogP contribution < -0.4 is 10.1 Å². The van der Waals surface area contributed by atoms with Gasteiger partial charge in [0.15, 0.2) is 5.75 Å². The SMILES string of the molecule is CCCCCCCCCCNc1cc(Cl)cc(Br)c1OC. The van der Waals surface area contributed by atoms with Gasteiger partial charge in [-0.3, -0.25) is 0 Å². The van der Waals surface area contributed by atoms with E-state index in [-0.39, 0.29) is 0 Å².